The highest BCUT2D eigenvalue weighted by Gasteiger charge is 2.28. The molecule has 1 aromatic carbocycles. The van der Waals surface area contributed by atoms with Crippen molar-refractivity contribution in [1.29, 1.82) is 0 Å². The maximum Gasteiger partial charge on any atom is 0.255 e. The second-order valence-corrected chi connectivity index (χ2v) is 6.01. The number of carbonyl (C=O) groups excluding carboxylic acids is 2. The number of carbonyl (C=O) groups is 2. The molecule has 2 amide bonds. The molecule has 1 saturated heterocycles. The summed E-state index contributed by atoms with van der Waals surface area (Å²) in [6.45, 7) is 1.13. The number of rotatable bonds is 4. The van der Waals surface area contributed by atoms with E-state index >= 15 is 0 Å². The van der Waals surface area contributed by atoms with Crippen LogP contribution in [0.3, 0.4) is 0 Å². The number of benzene rings is 1. The standard InChI is InChI=1S/C19H21N3O3/c1-25-17-8-7-15(13-20-17)19(24)22-11-9-14(10-12-22)18(23)21-16-5-3-2-4-6-16/h2-8,13-14H,9-12H2,1H3,(H,21,23). The molecule has 0 aliphatic carbocycles. The molecule has 2 heterocycles. The average Bonchev–Trinajstić information content (AvgIpc) is 2.68. The van der Waals surface area contributed by atoms with E-state index in [4.69, 9.17) is 4.74 Å². The van der Waals surface area contributed by atoms with Crippen LogP contribution in [0.25, 0.3) is 0 Å². The highest BCUT2D eigenvalue weighted by atomic mass is 16.5. The molecule has 1 N–H and O–H groups in total. The maximum absolute atomic E-state index is 12.5. The average molecular weight is 339 g/mol. The molecule has 6 heteroatoms. The van der Waals surface area contributed by atoms with E-state index in [1.165, 1.54) is 13.3 Å². The molecule has 0 radical (unpaired) electrons. The van der Waals surface area contributed by atoms with Crippen LogP contribution in [0.5, 0.6) is 5.88 Å². The fraction of sp³-hybridized carbons (Fsp3) is 0.316. The van der Waals surface area contributed by atoms with Crippen molar-refractivity contribution in [2.75, 3.05) is 25.5 Å². The lowest BCUT2D eigenvalue weighted by molar-refractivity contribution is -0.121. The summed E-state index contributed by atoms with van der Waals surface area (Å²) >= 11 is 0. The first-order chi connectivity index (χ1) is 12.2. The molecular weight excluding hydrogens is 318 g/mol. The number of anilines is 1. The van der Waals surface area contributed by atoms with E-state index in [1.54, 1.807) is 17.0 Å². The SMILES string of the molecule is COc1ccc(C(=O)N2CCC(C(=O)Nc3ccccc3)CC2)cn1. The predicted molar refractivity (Wildman–Crippen MR) is 94.5 cm³/mol. The van der Waals surface area contributed by atoms with Gasteiger partial charge < -0.3 is 15.0 Å². The monoisotopic (exact) mass is 339 g/mol. The Balaban J connectivity index is 1.54. The molecule has 6 nitrogen and oxygen atoms in total. The van der Waals surface area contributed by atoms with Gasteiger partial charge in [0.1, 0.15) is 0 Å². The third-order valence-electron chi connectivity index (χ3n) is 4.39. The fourth-order valence-electron chi connectivity index (χ4n) is 2.92. The summed E-state index contributed by atoms with van der Waals surface area (Å²) in [6, 6.07) is 12.8. The van der Waals surface area contributed by atoms with Crippen LogP contribution in [-0.4, -0.2) is 41.9 Å². The lowest BCUT2D eigenvalue weighted by Gasteiger charge is -2.31. The number of nitrogens with zero attached hydrogens (tertiary/aromatic N) is 2. The molecule has 0 atom stereocenters. The Morgan fingerprint density at radius 1 is 1.12 bits per heavy atom. The van der Waals surface area contributed by atoms with Crippen LogP contribution in [0.1, 0.15) is 23.2 Å². The number of para-hydroxylation sites is 1. The topological polar surface area (TPSA) is 71.5 Å². The minimum atomic E-state index is -0.0711. The van der Waals surface area contributed by atoms with E-state index in [0.29, 0.717) is 37.4 Å². The van der Waals surface area contributed by atoms with Gasteiger partial charge in [0, 0.05) is 37.0 Å². The molecule has 0 saturated carbocycles. The maximum atomic E-state index is 12.5. The van der Waals surface area contributed by atoms with Gasteiger partial charge in [-0.3, -0.25) is 9.59 Å². The Morgan fingerprint density at radius 2 is 1.84 bits per heavy atom. The van der Waals surface area contributed by atoms with Gasteiger partial charge in [0.2, 0.25) is 11.8 Å². The first-order valence-electron chi connectivity index (χ1n) is 8.32. The molecule has 1 aliphatic rings. The highest BCUT2D eigenvalue weighted by Crippen LogP contribution is 2.21. The molecule has 2 aromatic rings. The van der Waals surface area contributed by atoms with Crippen molar-refractivity contribution in [3.63, 3.8) is 0 Å². The summed E-state index contributed by atoms with van der Waals surface area (Å²) in [4.78, 5) is 30.7. The normalized spacial score (nSPS) is 14.8. The third-order valence-corrected chi connectivity index (χ3v) is 4.39. The minimum Gasteiger partial charge on any atom is -0.481 e. The number of piperidine rings is 1. The molecule has 0 unspecified atom stereocenters. The molecule has 25 heavy (non-hydrogen) atoms. The number of hydrogen-bond donors (Lipinski definition) is 1. The molecule has 0 bridgehead atoms. The van der Waals surface area contributed by atoms with Crippen LogP contribution in [0.15, 0.2) is 48.7 Å². The summed E-state index contributed by atoms with van der Waals surface area (Å²) in [5.74, 6) is 0.368. The summed E-state index contributed by atoms with van der Waals surface area (Å²) in [7, 11) is 1.54. The van der Waals surface area contributed by atoms with Crippen LogP contribution in [0.2, 0.25) is 0 Å². The van der Waals surface area contributed by atoms with Gasteiger partial charge in [0.05, 0.1) is 12.7 Å². The van der Waals surface area contributed by atoms with E-state index in [1.807, 2.05) is 30.3 Å². The molecule has 1 aromatic heterocycles. The molecule has 1 fully saturated rings. The lowest BCUT2D eigenvalue weighted by atomic mass is 9.95. The second-order valence-electron chi connectivity index (χ2n) is 6.01. The summed E-state index contributed by atoms with van der Waals surface area (Å²) in [6.07, 6.45) is 2.84. The van der Waals surface area contributed by atoms with Crippen LogP contribution in [0.4, 0.5) is 5.69 Å². The lowest BCUT2D eigenvalue weighted by Crippen LogP contribution is -2.41. The number of methoxy groups -OCH3 is 1. The molecular formula is C19H21N3O3. The van der Waals surface area contributed by atoms with Crippen molar-refractivity contribution >= 4 is 17.5 Å². The van der Waals surface area contributed by atoms with E-state index in [9.17, 15) is 9.59 Å². The summed E-state index contributed by atoms with van der Waals surface area (Å²) in [5.41, 5.74) is 1.34. The predicted octanol–water partition coefficient (Wildman–Crippen LogP) is 2.58. The zero-order chi connectivity index (χ0) is 17.6. The number of nitrogens with one attached hydrogen (secondary N) is 1. The van der Waals surface area contributed by atoms with Gasteiger partial charge in [-0.25, -0.2) is 4.98 Å². The van der Waals surface area contributed by atoms with Crippen LogP contribution in [-0.2, 0) is 4.79 Å². The Kier molecular flexibility index (Phi) is 5.28. The minimum absolute atomic E-state index is 0.0180. The van der Waals surface area contributed by atoms with E-state index in [0.717, 1.165) is 5.69 Å². The number of likely N-dealkylation sites (tertiary alicyclic amines) is 1. The van der Waals surface area contributed by atoms with E-state index < -0.39 is 0 Å². The Hall–Kier alpha value is -2.89. The van der Waals surface area contributed by atoms with Crippen molar-refractivity contribution in [3.05, 3.63) is 54.2 Å². The number of amides is 2. The Labute approximate surface area is 146 Å². The Bertz CT molecular complexity index is 723. The van der Waals surface area contributed by atoms with E-state index in [2.05, 4.69) is 10.3 Å². The second kappa shape index (κ2) is 7.79. The van der Waals surface area contributed by atoms with Gasteiger partial charge >= 0.3 is 0 Å². The zero-order valence-corrected chi connectivity index (χ0v) is 14.1. The first kappa shape index (κ1) is 17.0. The number of aromatic nitrogens is 1. The number of hydrogen-bond acceptors (Lipinski definition) is 4. The summed E-state index contributed by atoms with van der Waals surface area (Å²) in [5, 5.41) is 2.93. The van der Waals surface area contributed by atoms with Gasteiger partial charge in [0.25, 0.3) is 5.91 Å². The quantitative estimate of drug-likeness (QED) is 0.929. The zero-order valence-electron chi connectivity index (χ0n) is 14.1. The van der Waals surface area contributed by atoms with Crippen molar-refractivity contribution in [3.8, 4) is 5.88 Å². The van der Waals surface area contributed by atoms with Crippen molar-refractivity contribution < 1.29 is 14.3 Å². The number of ether oxygens (including phenoxy) is 1. The fourth-order valence-corrected chi connectivity index (χ4v) is 2.92. The highest BCUT2D eigenvalue weighted by molar-refractivity contribution is 5.95. The van der Waals surface area contributed by atoms with Gasteiger partial charge in [-0.15, -0.1) is 0 Å². The van der Waals surface area contributed by atoms with Crippen molar-refractivity contribution in [2.24, 2.45) is 5.92 Å². The molecule has 3 rings (SSSR count). The number of pyridine rings is 1. The van der Waals surface area contributed by atoms with E-state index in [-0.39, 0.29) is 17.7 Å². The first-order valence-corrected chi connectivity index (χ1v) is 8.32. The molecule has 130 valence electrons. The van der Waals surface area contributed by atoms with Gasteiger partial charge in [0.15, 0.2) is 0 Å². The summed E-state index contributed by atoms with van der Waals surface area (Å²) < 4.78 is 5.00. The largest absolute Gasteiger partial charge is 0.481 e. The third kappa shape index (κ3) is 4.15. The molecule has 0 spiro atoms. The van der Waals surface area contributed by atoms with Crippen molar-refractivity contribution in [2.45, 2.75) is 12.8 Å². The Morgan fingerprint density at radius 3 is 2.44 bits per heavy atom. The smallest absolute Gasteiger partial charge is 0.255 e. The van der Waals surface area contributed by atoms with Gasteiger partial charge in [-0.1, -0.05) is 18.2 Å². The van der Waals surface area contributed by atoms with Crippen LogP contribution >= 0.6 is 0 Å². The van der Waals surface area contributed by atoms with Gasteiger partial charge in [-0.2, -0.15) is 0 Å². The molecule has 1 aliphatic heterocycles. The van der Waals surface area contributed by atoms with Crippen LogP contribution < -0.4 is 10.1 Å². The van der Waals surface area contributed by atoms with Crippen LogP contribution in [0, 0.1) is 5.92 Å². The van der Waals surface area contributed by atoms with Gasteiger partial charge in [-0.05, 0) is 31.0 Å². The van der Waals surface area contributed by atoms with Crippen molar-refractivity contribution in [1.82, 2.24) is 9.88 Å².